The smallest absolute Gasteiger partial charge is 0.269 e. The molecular weight excluding hydrogens is 359 g/mol. The van der Waals surface area contributed by atoms with Gasteiger partial charge in [0.25, 0.3) is 5.91 Å². The van der Waals surface area contributed by atoms with Crippen LogP contribution in [0.2, 0.25) is 0 Å². The molecule has 1 aromatic carbocycles. The third-order valence-electron chi connectivity index (χ3n) is 2.56. The van der Waals surface area contributed by atoms with Crippen molar-refractivity contribution in [3.8, 4) is 0 Å². The largest absolute Gasteiger partial charge is 0.382 e. The van der Waals surface area contributed by atoms with Crippen LogP contribution in [0.3, 0.4) is 0 Å². The van der Waals surface area contributed by atoms with Crippen molar-refractivity contribution in [2.75, 3.05) is 22.9 Å². The fourth-order valence-electron chi connectivity index (χ4n) is 1.57. The molecular formula is C13H14BrFN4OS. The molecule has 0 atom stereocenters. The quantitative estimate of drug-likeness (QED) is 0.747. The lowest BCUT2D eigenvalue weighted by atomic mass is 10.3. The van der Waals surface area contributed by atoms with E-state index in [2.05, 4.69) is 31.5 Å². The lowest BCUT2D eigenvalue weighted by molar-refractivity contribution is 0.103. The number of nitrogens with zero attached hydrogens (tertiary/aromatic N) is 1. The summed E-state index contributed by atoms with van der Waals surface area (Å²) in [5, 5.41) is 6.13. The molecule has 1 amide bonds. The van der Waals surface area contributed by atoms with Crippen LogP contribution in [0.1, 0.15) is 23.0 Å². The molecule has 0 aliphatic heterocycles. The summed E-state index contributed by atoms with van der Waals surface area (Å²) in [4.78, 5) is 16.5. The normalized spacial score (nSPS) is 10.4. The number of amides is 1. The number of carbonyl (C=O) groups excluding carboxylic acids is 1. The Morgan fingerprint density at radius 2 is 2.29 bits per heavy atom. The third kappa shape index (κ3) is 3.92. The second-order valence-electron chi connectivity index (χ2n) is 4.24. The van der Waals surface area contributed by atoms with Gasteiger partial charge in [-0.15, -0.1) is 0 Å². The van der Waals surface area contributed by atoms with Crippen LogP contribution >= 0.6 is 27.3 Å². The van der Waals surface area contributed by atoms with Gasteiger partial charge in [0.1, 0.15) is 16.5 Å². The van der Waals surface area contributed by atoms with Crippen molar-refractivity contribution in [3.05, 3.63) is 33.4 Å². The summed E-state index contributed by atoms with van der Waals surface area (Å²) in [5.41, 5.74) is 5.82. The van der Waals surface area contributed by atoms with Crippen LogP contribution in [0.4, 0.5) is 21.0 Å². The molecule has 0 fully saturated rings. The first kappa shape index (κ1) is 15.7. The van der Waals surface area contributed by atoms with Crippen LogP contribution in [0.5, 0.6) is 0 Å². The standard InChI is InChI=1S/C13H14BrFN4OS/c1-2-5-17-13-19-11(16)10(21-13)12(20)18-9-6-7(14)3-4-8(9)15/h3-4,6H,2,5,16H2,1H3,(H,17,19)(H,18,20). The number of halogens is 2. The number of thiazole rings is 1. The lowest BCUT2D eigenvalue weighted by Gasteiger charge is -2.05. The van der Waals surface area contributed by atoms with E-state index in [9.17, 15) is 9.18 Å². The van der Waals surface area contributed by atoms with Gasteiger partial charge in [-0.25, -0.2) is 9.37 Å². The van der Waals surface area contributed by atoms with E-state index in [0.29, 0.717) is 9.60 Å². The highest BCUT2D eigenvalue weighted by atomic mass is 79.9. The first-order valence-electron chi connectivity index (χ1n) is 6.27. The number of nitrogens with two attached hydrogens (primary N) is 1. The molecule has 0 unspecified atom stereocenters. The number of rotatable bonds is 5. The minimum atomic E-state index is -0.515. The highest BCUT2D eigenvalue weighted by molar-refractivity contribution is 9.10. The maximum Gasteiger partial charge on any atom is 0.269 e. The number of anilines is 3. The number of hydrogen-bond acceptors (Lipinski definition) is 5. The molecule has 0 saturated heterocycles. The fourth-order valence-corrected chi connectivity index (χ4v) is 2.74. The van der Waals surface area contributed by atoms with Gasteiger partial charge in [0, 0.05) is 11.0 Å². The Kier molecular flexibility index (Phi) is 5.13. The van der Waals surface area contributed by atoms with Crippen LogP contribution in [0.15, 0.2) is 22.7 Å². The second kappa shape index (κ2) is 6.86. The van der Waals surface area contributed by atoms with E-state index in [4.69, 9.17) is 5.73 Å². The van der Waals surface area contributed by atoms with E-state index < -0.39 is 11.7 Å². The van der Waals surface area contributed by atoms with Gasteiger partial charge in [0.15, 0.2) is 5.13 Å². The molecule has 1 aromatic heterocycles. The van der Waals surface area contributed by atoms with Crippen molar-refractivity contribution < 1.29 is 9.18 Å². The Labute approximate surface area is 133 Å². The van der Waals surface area contributed by atoms with Crippen molar-refractivity contribution in [1.82, 2.24) is 4.98 Å². The highest BCUT2D eigenvalue weighted by Gasteiger charge is 2.17. The van der Waals surface area contributed by atoms with E-state index in [1.165, 1.54) is 12.1 Å². The summed E-state index contributed by atoms with van der Waals surface area (Å²) in [6.07, 6.45) is 0.935. The van der Waals surface area contributed by atoms with Crippen molar-refractivity contribution in [2.45, 2.75) is 13.3 Å². The predicted octanol–water partition coefficient (Wildman–Crippen LogP) is 3.70. The van der Waals surface area contributed by atoms with E-state index in [1.54, 1.807) is 6.07 Å². The van der Waals surface area contributed by atoms with Crippen molar-refractivity contribution in [1.29, 1.82) is 0 Å². The molecule has 1 heterocycles. The van der Waals surface area contributed by atoms with Crippen molar-refractivity contribution in [2.24, 2.45) is 0 Å². The monoisotopic (exact) mass is 372 g/mol. The number of aromatic nitrogens is 1. The van der Waals surface area contributed by atoms with Gasteiger partial charge in [0.05, 0.1) is 5.69 Å². The first-order chi connectivity index (χ1) is 10.0. The third-order valence-corrected chi connectivity index (χ3v) is 4.08. The Hall–Kier alpha value is -1.67. The summed E-state index contributed by atoms with van der Waals surface area (Å²) >= 11 is 4.37. The predicted molar refractivity (Wildman–Crippen MR) is 87.4 cm³/mol. The molecule has 0 saturated carbocycles. The Bertz CT molecular complexity index is 662. The summed E-state index contributed by atoms with van der Waals surface area (Å²) in [7, 11) is 0. The van der Waals surface area contributed by atoms with Gasteiger partial charge in [-0.05, 0) is 24.6 Å². The molecule has 0 spiro atoms. The Morgan fingerprint density at radius 1 is 1.52 bits per heavy atom. The molecule has 2 rings (SSSR count). The number of nitrogens with one attached hydrogen (secondary N) is 2. The zero-order valence-corrected chi connectivity index (χ0v) is 13.6. The van der Waals surface area contributed by atoms with Crippen molar-refractivity contribution in [3.63, 3.8) is 0 Å². The van der Waals surface area contributed by atoms with E-state index in [-0.39, 0.29) is 16.4 Å². The van der Waals surface area contributed by atoms with Gasteiger partial charge in [-0.1, -0.05) is 34.2 Å². The number of nitrogen functional groups attached to an aromatic ring is 1. The minimum Gasteiger partial charge on any atom is -0.382 e. The summed E-state index contributed by atoms with van der Waals surface area (Å²) in [6, 6.07) is 4.31. The van der Waals surface area contributed by atoms with Gasteiger partial charge in [-0.3, -0.25) is 4.79 Å². The number of hydrogen-bond donors (Lipinski definition) is 3. The zero-order chi connectivity index (χ0) is 15.4. The van der Waals surface area contributed by atoms with Crippen LogP contribution in [-0.2, 0) is 0 Å². The zero-order valence-electron chi connectivity index (χ0n) is 11.2. The van der Waals surface area contributed by atoms with E-state index in [0.717, 1.165) is 24.3 Å². The summed E-state index contributed by atoms with van der Waals surface area (Å²) in [6.45, 7) is 2.77. The maximum absolute atomic E-state index is 13.6. The minimum absolute atomic E-state index is 0.0882. The summed E-state index contributed by atoms with van der Waals surface area (Å²) < 4.78 is 14.3. The molecule has 0 bridgehead atoms. The Morgan fingerprint density at radius 3 is 3.00 bits per heavy atom. The van der Waals surface area contributed by atoms with Gasteiger partial charge in [-0.2, -0.15) is 0 Å². The molecule has 112 valence electrons. The molecule has 0 radical (unpaired) electrons. The average molecular weight is 373 g/mol. The number of carbonyl (C=O) groups is 1. The highest BCUT2D eigenvalue weighted by Crippen LogP contribution is 2.27. The topological polar surface area (TPSA) is 80.0 Å². The average Bonchev–Trinajstić information content (AvgIpc) is 2.82. The van der Waals surface area contributed by atoms with E-state index in [1.807, 2.05) is 6.92 Å². The SMILES string of the molecule is CCCNc1nc(N)c(C(=O)Nc2cc(Br)ccc2F)s1. The van der Waals surface area contributed by atoms with Crippen LogP contribution in [0.25, 0.3) is 0 Å². The van der Waals surface area contributed by atoms with Gasteiger partial charge < -0.3 is 16.4 Å². The maximum atomic E-state index is 13.6. The molecule has 0 aliphatic rings. The van der Waals surface area contributed by atoms with Crippen LogP contribution < -0.4 is 16.4 Å². The molecule has 2 aromatic rings. The number of benzene rings is 1. The Balaban J connectivity index is 2.16. The van der Waals surface area contributed by atoms with E-state index >= 15 is 0 Å². The molecule has 5 nitrogen and oxygen atoms in total. The van der Waals surface area contributed by atoms with Gasteiger partial charge in [0.2, 0.25) is 0 Å². The fraction of sp³-hybridized carbons (Fsp3) is 0.231. The molecule has 4 N–H and O–H groups in total. The molecule has 0 aliphatic carbocycles. The molecule has 21 heavy (non-hydrogen) atoms. The second-order valence-corrected chi connectivity index (χ2v) is 6.15. The van der Waals surface area contributed by atoms with Crippen LogP contribution in [-0.4, -0.2) is 17.4 Å². The molecule has 8 heteroatoms. The summed E-state index contributed by atoms with van der Waals surface area (Å²) in [5.74, 6) is -0.864. The van der Waals surface area contributed by atoms with Crippen LogP contribution in [0, 0.1) is 5.82 Å². The van der Waals surface area contributed by atoms with Crippen molar-refractivity contribution >= 4 is 49.8 Å². The first-order valence-corrected chi connectivity index (χ1v) is 7.88. The van der Waals surface area contributed by atoms with Gasteiger partial charge >= 0.3 is 0 Å². The lowest BCUT2D eigenvalue weighted by Crippen LogP contribution is -2.13.